The maximum absolute atomic E-state index is 10.8. The van der Waals surface area contributed by atoms with Crippen molar-refractivity contribution in [2.45, 2.75) is 12.8 Å². The van der Waals surface area contributed by atoms with Crippen molar-refractivity contribution in [2.75, 3.05) is 0 Å². The van der Waals surface area contributed by atoms with Gasteiger partial charge in [0.1, 0.15) is 5.76 Å². The molecule has 0 aromatic carbocycles. The van der Waals surface area contributed by atoms with Gasteiger partial charge in [-0.15, -0.1) is 0 Å². The Bertz CT molecular complexity index is 248. The van der Waals surface area contributed by atoms with E-state index in [1.165, 1.54) is 0 Å². The Balaban J connectivity index is 2.31. The van der Waals surface area contributed by atoms with Crippen molar-refractivity contribution in [1.29, 1.82) is 0 Å². The molecule has 2 aliphatic carbocycles. The Hall–Kier alpha value is -1.05. The molecular formula is C8H8O2. The molecule has 1 unspecified atom stereocenters. The highest BCUT2D eigenvalue weighted by molar-refractivity contribution is 6.03. The van der Waals surface area contributed by atoms with Gasteiger partial charge in [0.25, 0.3) is 0 Å². The van der Waals surface area contributed by atoms with Crippen molar-refractivity contribution in [3.8, 4) is 0 Å². The number of ketones is 1. The summed E-state index contributed by atoms with van der Waals surface area (Å²) >= 11 is 0. The fourth-order valence-corrected chi connectivity index (χ4v) is 1.44. The summed E-state index contributed by atoms with van der Waals surface area (Å²) in [5.41, 5.74) is 0.819. The molecule has 2 heteroatoms. The average molecular weight is 136 g/mol. The quantitative estimate of drug-likeness (QED) is 0.545. The minimum Gasteiger partial charge on any atom is -0.508 e. The first kappa shape index (κ1) is 5.71. The molecule has 0 aromatic heterocycles. The number of rotatable bonds is 0. The van der Waals surface area contributed by atoms with Crippen molar-refractivity contribution in [2.24, 2.45) is 5.92 Å². The fourth-order valence-electron chi connectivity index (χ4n) is 1.44. The number of carbonyl (C=O) groups excluding carboxylic acids is 1. The summed E-state index contributed by atoms with van der Waals surface area (Å²) in [4.78, 5) is 10.8. The van der Waals surface area contributed by atoms with Gasteiger partial charge in [0, 0.05) is 12.0 Å². The van der Waals surface area contributed by atoms with Crippen LogP contribution in [0.15, 0.2) is 23.5 Å². The van der Waals surface area contributed by atoms with Gasteiger partial charge in [0.15, 0.2) is 5.78 Å². The lowest BCUT2D eigenvalue weighted by Gasteiger charge is -2.29. The number of hydrogen-bond donors (Lipinski definition) is 1. The van der Waals surface area contributed by atoms with E-state index in [1.54, 1.807) is 12.2 Å². The molecule has 0 radical (unpaired) electrons. The van der Waals surface area contributed by atoms with Crippen molar-refractivity contribution in [3.63, 3.8) is 0 Å². The van der Waals surface area contributed by atoms with Crippen molar-refractivity contribution >= 4 is 5.78 Å². The molecule has 1 saturated carbocycles. The van der Waals surface area contributed by atoms with Gasteiger partial charge in [0.05, 0.1) is 0 Å². The van der Waals surface area contributed by atoms with Gasteiger partial charge in [-0.3, -0.25) is 4.79 Å². The monoisotopic (exact) mass is 136 g/mol. The number of hydrogen-bond acceptors (Lipinski definition) is 2. The molecule has 2 aliphatic rings. The topological polar surface area (TPSA) is 37.3 Å². The third kappa shape index (κ3) is 0.618. The van der Waals surface area contributed by atoms with Crippen molar-refractivity contribution in [1.82, 2.24) is 0 Å². The summed E-state index contributed by atoms with van der Waals surface area (Å²) < 4.78 is 0. The zero-order valence-electron chi connectivity index (χ0n) is 5.50. The smallest absolute Gasteiger partial charge is 0.159 e. The Labute approximate surface area is 58.9 Å². The molecule has 52 valence electrons. The number of carbonyl (C=O) groups is 1. The first-order valence-electron chi connectivity index (χ1n) is 3.41. The van der Waals surface area contributed by atoms with E-state index in [0.717, 1.165) is 12.0 Å². The molecule has 0 heterocycles. The molecule has 0 aliphatic heterocycles. The highest BCUT2D eigenvalue weighted by atomic mass is 16.3. The highest BCUT2D eigenvalue weighted by Gasteiger charge is 2.34. The molecule has 0 bridgehead atoms. The first-order valence-corrected chi connectivity index (χ1v) is 3.41. The molecule has 1 fully saturated rings. The van der Waals surface area contributed by atoms with Gasteiger partial charge < -0.3 is 5.11 Å². The summed E-state index contributed by atoms with van der Waals surface area (Å²) in [6.45, 7) is 0. The van der Waals surface area contributed by atoms with E-state index in [-0.39, 0.29) is 11.5 Å². The van der Waals surface area contributed by atoms with Gasteiger partial charge in [0.2, 0.25) is 0 Å². The maximum Gasteiger partial charge on any atom is 0.159 e. The van der Waals surface area contributed by atoms with Gasteiger partial charge in [-0.1, -0.05) is 0 Å². The minimum atomic E-state index is 0.199. The van der Waals surface area contributed by atoms with Crippen molar-refractivity contribution in [3.05, 3.63) is 23.5 Å². The van der Waals surface area contributed by atoms with E-state index in [2.05, 4.69) is 0 Å². The molecule has 1 N–H and O–H groups in total. The van der Waals surface area contributed by atoms with Crippen LogP contribution < -0.4 is 0 Å². The lowest BCUT2D eigenvalue weighted by atomic mass is 9.73. The van der Waals surface area contributed by atoms with Crippen LogP contribution in [-0.2, 0) is 4.79 Å². The Morgan fingerprint density at radius 3 is 3.00 bits per heavy atom. The van der Waals surface area contributed by atoms with E-state index >= 15 is 0 Å². The second kappa shape index (κ2) is 1.72. The molecule has 10 heavy (non-hydrogen) atoms. The van der Waals surface area contributed by atoms with Crippen LogP contribution in [0.4, 0.5) is 0 Å². The van der Waals surface area contributed by atoms with E-state index in [1.807, 2.05) is 0 Å². The van der Waals surface area contributed by atoms with Crippen LogP contribution in [0.2, 0.25) is 0 Å². The third-order valence-electron chi connectivity index (χ3n) is 2.11. The Morgan fingerprint density at radius 2 is 2.40 bits per heavy atom. The number of aliphatic hydroxyl groups is 1. The van der Waals surface area contributed by atoms with Crippen LogP contribution in [0, 0.1) is 5.92 Å². The SMILES string of the molecule is O=C1CC2CC=C(O)C=C12. The van der Waals surface area contributed by atoms with Crippen LogP contribution in [0.3, 0.4) is 0 Å². The van der Waals surface area contributed by atoms with Crippen LogP contribution >= 0.6 is 0 Å². The standard InChI is InChI=1S/C8H8O2/c9-6-2-1-5-3-8(10)7(5)4-6/h2,4-5,9H,1,3H2. The molecule has 0 amide bonds. The minimum absolute atomic E-state index is 0.199. The molecule has 2 rings (SSSR count). The highest BCUT2D eigenvalue weighted by Crippen LogP contribution is 2.36. The number of Topliss-reactive ketones (excluding diaryl/α,β-unsaturated/α-hetero) is 1. The second-order valence-corrected chi connectivity index (χ2v) is 2.79. The summed E-state index contributed by atoms with van der Waals surface area (Å²) in [7, 11) is 0. The van der Waals surface area contributed by atoms with E-state index < -0.39 is 0 Å². The first-order chi connectivity index (χ1) is 4.77. The predicted octanol–water partition coefficient (Wildman–Crippen LogP) is 1.35. The summed E-state index contributed by atoms with van der Waals surface area (Å²) in [5, 5.41) is 8.98. The molecule has 0 saturated heterocycles. The lowest BCUT2D eigenvalue weighted by molar-refractivity contribution is -0.120. The summed E-state index contributed by atoms with van der Waals surface area (Å²) in [6, 6.07) is 0. The van der Waals surface area contributed by atoms with Crippen molar-refractivity contribution < 1.29 is 9.90 Å². The number of allylic oxidation sites excluding steroid dienone is 3. The molecule has 2 nitrogen and oxygen atoms in total. The zero-order valence-corrected chi connectivity index (χ0v) is 5.50. The van der Waals surface area contributed by atoms with E-state index in [4.69, 9.17) is 5.11 Å². The second-order valence-electron chi connectivity index (χ2n) is 2.79. The number of fused-ring (bicyclic) bond motifs is 1. The predicted molar refractivity (Wildman–Crippen MR) is 36.5 cm³/mol. The Kier molecular flexibility index (Phi) is 0.982. The fraction of sp³-hybridized carbons (Fsp3) is 0.375. The number of aliphatic hydroxyl groups excluding tert-OH is 1. The van der Waals surface area contributed by atoms with Crippen LogP contribution in [0.1, 0.15) is 12.8 Å². The van der Waals surface area contributed by atoms with Crippen LogP contribution in [0.25, 0.3) is 0 Å². The van der Waals surface area contributed by atoms with Gasteiger partial charge in [-0.2, -0.15) is 0 Å². The average Bonchev–Trinajstić information content (AvgIpc) is 1.92. The van der Waals surface area contributed by atoms with E-state index in [0.29, 0.717) is 12.3 Å². The molecule has 1 atom stereocenters. The van der Waals surface area contributed by atoms with Gasteiger partial charge in [-0.05, 0) is 24.5 Å². The molecule has 0 spiro atoms. The maximum atomic E-state index is 10.8. The largest absolute Gasteiger partial charge is 0.508 e. The summed E-state index contributed by atoms with van der Waals surface area (Å²) in [6.07, 6.45) is 4.86. The lowest BCUT2D eigenvalue weighted by Crippen LogP contribution is -2.28. The summed E-state index contributed by atoms with van der Waals surface area (Å²) in [5.74, 6) is 0.868. The van der Waals surface area contributed by atoms with E-state index in [9.17, 15) is 4.79 Å². The Morgan fingerprint density at radius 1 is 1.60 bits per heavy atom. The normalized spacial score (nSPS) is 30.0. The molecular weight excluding hydrogens is 128 g/mol. The third-order valence-corrected chi connectivity index (χ3v) is 2.11. The zero-order chi connectivity index (χ0) is 7.14. The van der Waals surface area contributed by atoms with Gasteiger partial charge in [-0.25, -0.2) is 0 Å². The molecule has 0 aromatic rings. The van der Waals surface area contributed by atoms with Gasteiger partial charge >= 0.3 is 0 Å². The van der Waals surface area contributed by atoms with Crippen LogP contribution in [-0.4, -0.2) is 10.9 Å². The van der Waals surface area contributed by atoms with Crippen LogP contribution in [0.5, 0.6) is 0 Å².